The number of nitriles is 1. The predicted molar refractivity (Wildman–Crippen MR) is 104 cm³/mol. The third kappa shape index (κ3) is 4.83. The van der Waals surface area contributed by atoms with E-state index < -0.39 is 0 Å². The molecule has 0 unspecified atom stereocenters. The summed E-state index contributed by atoms with van der Waals surface area (Å²) in [4.78, 5) is 16.4. The standard InChI is InChI=1S/C21H18N4O2/c1-27-19-9-4-16(5-10-19)13-23-18-8-11-20(24-14-18)21(26)25-17-6-2-15(12-22)3-7-17/h2-11,14,23H,13H2,1H3,(H,25,26). The summed E-state index contributed by atoms with van der Waals surface area (Å²) in [6.07, 6.45) is 1.62. The van der Waals surface area contributed by atoms with Gasteiger partial charge in [-0.1, -0.05) is 12.1 Å². The number of nitrogens with one attached hydrogen (secondary N) is 2. The van der Waals surface area contributed by atoms with Gasteiger partial charge in [-0.2, -0.15) is 5.26 Å². The first-order valence-electron chi connectivity index (χ1n) is 8.32. The minimum Gasteiger partial charge on any atom is -0.497 e. The molecule has 0 saturated heterocycles. The van der Waals surface area contributed by atoms with Gasteiger partial charge in [-0.15, -0.1) is 0 Å². The number of aromatic nitrogens is 1. The number of hydrogen-bond donors (Lipinski definition) is 2. The third-order valence-corrected chi connectivity index (χ3v) is 3.92. The van der Waals surface area contributed by atoms with Gasteiger partial charge in [0.2, 0.25) is 0 Å². The van der Waals surface area contributed by atoms with Crippen molar-refractivity contribution in [3.8, 4) is 11.8 Å². The Morgan fingerprint density at radius 3 is 2.33 bits per heavy atom. The number of carbonyl (C=O) groups excluding carboxylic acids is 1. The quantitative estimate of drug-likeness (QED) is 0.699. The number of amides is 1. The molecule has 27 heavy (non-hydrogen) atoms. The molecule has 6 nitrogen and oxygen atoms in total. The zero-order chi connectivity index (χ0) is 19.1. The van der Waals surface area contributed by atoms with Crippen molar-refractivity contribution in [3.05, 3.63) is 83.7 Å². The lowest BCUT2D eigenvalue weighted by molar-refractivity contribution is 0.102. The summed E-state index contributed by atoms with van der Waals surface area (Å²) >= 11 is 0. The number of anilines is 2. The summed E-state index contributed by atoms with van der Waals surface area (Å²) in [6, 6.07) is 20.0. The SMILES string of the molecule is COc1ccc(CNc2ccc(C(=O)Nc3ccc(C#N)cc3)nc2)cc1. The number of rotatable bonds is 6. The molecule has 0 bridgehead atoms. The topological polar surface area (TPSA) is 87.0 Å². The van der Waals surface area contributed by atoms with E-state index in [1.165, 1.54) is 0 Å². The van der Waals surface area contributed by atoms with E-state index in [1.807, 2.05) is 36.4 Å². The fourth-order valence-corrected chi connectivity index (χ4v) is 2.40. The number of carbonyl (C=O) groups is 1. The van der Waals surface area contributed by atoms with Crippen LogP contribution in [0.1, 0.15) is 21.6 Å². The number of methoxy groups -OCH3 is 1. The fraction of sp³-hybridized carbons (Fsp3) is 0.0952. The molecular formula is C21H18N4O2. The Balaban J connectivity index is 1.57. The maximum atomic E-state index is 12.2. The minimum atomic E-state index is -0.304. The molecular weight excluding hydrogens is 340 g/mol. The summed E-state index contributed by atoms with van der Waals surface area (Å²) in [7, 11) is 1.64. The highest BCUT2D eigenvalue weighted by molar-refractivity contribution is 6.02. The number of pyridine rings is 1. The summed E-state index contributed by atoms with van der Waals surface area (Å²) < 4.78 is 5.14. The Morgan fingerprint density at radius 1 is 1.04 bits per heavy atom. The molecule has 0 fully saturated rings. The molecule has 0 atom stereocenters. The van der Waals surface area contributed by atoms with Gasteiger partial charge in [0.1, 0.15) is 11.4 Å². The predicted octanol–water partition coefficient (Wildman–Crippen LogP) is 3.83. The molecule has 6 heteroatoms. The van der Waals surface area contributed by atoms with Gasteiger partial charge >= 0.3 is 0 Å². The molecule has 0 aliphatic heterocycles. The maximum absolute atomic E-state index is 12.2. The monoisotopic (exact) mass is 358 g/mol. The van der Waals surface area contributed by atoms with Crippen LogP contribution >= 0.6 is 0 Å². The fourth-order valence-electron chi connectivity index (χ4n) is 2.40. The number of hydrogen-bond acceptors (Lipinski definition) is 5. The van der Waals surface area contributed by atoms with Gasteiger partial charge in [0.05, 0.1) is 30.6 Å². The van der Waals surface area contributed by atoms with E-state index in [0.717, 1.165) is 17.0 Å². The van der Waals surface area contributed by atoms with Crippen LogP contribution in [0.25, 0.3) is 0 Å². The van der Waals surface area contributed by atoms with Crippen molar-refractivity contribution >= 4 is 17.3 Å². The Morgan fingerprint density at radius 2 is 1.74 bits per heavy atom. The second kappa shape index (κ2) is 8.50. The molecule has 3 rings (SSSR count). The smallest absolute Gasteiger partial charge is 0.274 e. The number of benzene rings is 2. The second-order valence-electron chi connectivity index (χ2n) is 5.78. The molecule has 3 aromatic rings. The Hall–Kier alpha value is -3.85. The zero-order valence-corrected chi connectivity index (χ0v) is 14.8. The lowest BCUT2D eigenvalue weighted by Gasteiger charge is -2.08. The molecule has 1 amide bonds. The van der Waals surface area contributed by atoms with Crippen LogP contribution in [0.15, 0.2) is 66.9 Å². The van der Waals surface area contributed by atoms with E-state index in [9.17, 15) is 4.79 Å². The summed E-state index contributed by atoms with van der Waals surface area (Å²) in [5.74, 6) is 0.513. The van der Waals surface area contributed by atoms with E-state index in [1.54, 1.807) is 43.6 Å². The van der Waals surface area contributed by atoms with Crippen LogP contribution in [0, 0.1) is 11.3 Å². The van der Waals surface area contributed by atoms with Crippen LogP contribution in [-0.4, -0.2) is 18.0 Å². The minimum absolute atomic E-state index is 0.304. The van der Waals surface area contributed by atoms with Gasteiger partial charge < -0.3 is 15.4 Å². The molecule has 1 aromatic heterocycles. The van der Waals surface area contributed by atoms with Gasteiger partial charge in [-0.25, -0.2) is 4.98 Å². The molecule has 0 spiro atoms. The molecule has 1 heterocycles. The molecule has 0 saturated carbocycles. The molecule has 134 valence electrons. The molecule has 0 radical (unpaired) electrons. The van der Waals surface area contributed by atoms with Crippen LogP contribution in [-0.2, 0) is 6.54 Å². The maximum Gasteiger partial charge on any atom is 0.274 e. The van der Waals surface area contributed by atoms with E-state index >= 15 is 0 Å². The van der Waals surface area contributed by atoms with Gasteiger partial charge in [0.15, 0.2) is 0 Å². The lowest BCUT2D eigenvalue weighted by Crippen LogP contribution is -2.13. The summed E-state index contributed by atoms with van der Waals surface area (Å²) in [5.41, 5.74) is 3.40. The summed E-state index contributed by atoms with van der Waals surface area (Å²) in [5, 5.41) is 14.8. The highest BCUT2D eigenvalue weighted by Gasteiger charge is 2.08. The van der Waals surface area contributed by atoms with Crippen LogP contribution < -0.4 is 15.4 Å². The van der Waals surface area contributed by atoms with Gasteiger partial charge in [-0.3, -0.25) is 4.79 Å². The average molecular weight is 358 g/mol. The molecule has 2 aromatic carbocycles. The molecule has 0 aliphatic rings. The van der Waals surface area contributed by atoms with Crippen molar-refractivity contribution in [1.82, 2.24) is 4.98 Å². The van der Waals surface area contributed by atoms with Gasteiger partial charge in [-0.05, 0) is 54.1 Å². The van der Waals surface area contributed by atoms with Crippen molar-refractivity contribution in [3.63, 3.8) is 0 Å². The van der Waals surface area contributed by atoms with Crippen molar-refractivity contribution in [2.24, 2.45) is 0 Å². The van der Waals surface area contributed by atoms with Crippen LogP contribution in [0.5, 0.6) is 5.75 Å². The van der Waals surface area contributed by atoms with Crippen molar-refractivity contribution in [2.75, 3.05) is 17.7 Å². The van der Waals surface area contributed by atoms with Crippen LogP contribution in [0.4, 0.5) is 11.4 Å². The molecule has 2 N–H and O–H groups in total. The van der Waals surface area contributed by atoms with Gasteiger partial charge in [0, 0.05) is 12.2 Å². The summed E-state index contributed by atoms with van der Waals surface area (Å²) in [6.45, 7) is 0.641. The Bertz CT molecular complexity index is 943. The zero-order valence-electron chi connectivity index (χ0n) is 14.8. The number of ether oxygens (including phenoxy) is 1. The van der Waals surface area contributed by atoms with Crippen molar-refractivity contribution in [2.45, 2.75) is 6.54 Å². The average Bonchev–Trinajstić information content (AvgIpc) is 2.73. The highest BCUT2D eigenvalue weighted by Crippen LogP contribution is 2.14. The first-order chi connectivity index (χ1) is 13.2. The van der Waals surface area contributed by atoms with Gasteiger partial charge in [0.25, 0.3) is 5.91 Å². The molecule has 0 aliphatic carbocycles. The third-order valence-electron chi connectivity index (χ3n) is 3.92. The van der Waals surface area contributed by atoms with E-state index in [0.29, 0.717) is 23.5 Å². The Kier molecular flexibility index (Phi) is 5.65. The normalized spacial score (nSPS) is 9.93. The Labute approximate surface area is 157 Å². The van der Waals surface area contributed by atoms with Crippen LogP contribution in [0.3, 0.4) is 0 Å². The highest BCUT2D eigenvalue weighted by atomic mass is 16.5. The number of nitrogens with zero attached hydrogens (tertiary/aromatic N) is 2. The van der Waals surface area contributed by atoms with E-state index in [-0.39, 0.29) is 5.91 Å². The lowest BCUT2D eigenvalue weighted by atomic mass is 10.2. The first-order valence-corrected chi connectivity index (χ1v) is 8.32. The van der Waals surface area contributed by atoms with Crippen molar-refractivity contribution < 1.29 is 9.53 Å². The second-order valence-corrected chi connectivity index (χ2v) is 5.78. The van der Waals surface area contributed by atoms with Crippen LogP contribution in [0.2, 0.25) is 0 Å². The van der Waals surface area contributed by atoms with E-state index in [2.05, 4.69) is 15.6 Å². The van der Waals surface area contributed by atoms with Crippen molar-refractivity contribution in [1.29, 1.82) is 5.26 Å². The first kappa shape index (κ1) is 18.0. The van der Waals surface area contributed by atoms with E-state index in [4.69, 9.17) is 10.00 Å². The largest absolute Gasteiger partial charge is 0.497 e.